The highest BCUT2D eigenvalue weighted by molar-refractivity contribution is 5.64. The molecule has 0 aliphatic carbocycles. The quantitative estimate of drug-likeness (QED) is 0.604. The topological polar surface area (TPSA) is 38.7 Å². The van der Waals surface area contributed by atoms with Crippen LogP contribution in [0.5, 0.6) is 0 Å². The van der Waals surface area contributed by atoms with Crippen molar-refractivity contribution in [2.45, 2.75) is 32.7 Å². The van der Waals surface area contributed by atoms with E-state index in [1.807, 2.05) is 13.8 Å². The van der Waals surface area contributed by atoms with Crippen molar-refractivity contribution in [2.24, 2.45) is 5.41 Å². The third-order valence-electron chi connectivity index (χ3n) is 4.71. The fraction of sp³-hybridized carbons (Fsp3) is 0.400. The maximum absolute atomic E-state index is 14.5. The van der Waals surface area contributed by atoms with Crippen LogP contribution in [-0.2, 0) is 15.4 Å². The standard InChI is InChI=1S/C20H20F4O3/c1-3-6-19(2)10-26-20(25,27-11-19)13-4-5-14(15(21)9-13)12-7-16(22)18(24)17(23)8-12/h4-5,7-9,25H,3,6,10-11H2,1-2H3. The Bertz CT molecular complexity index is 822. The van der Waals surface area contributed by atoms with E-state index in [4.69, 9.17) is 9.47 Å². The summed E-state index contributed by atoms with van der Waals surface area (Å²) in [6.07, 6.45) is 1.77. The van der Waals surface area contributed by atoms with E-state index in [2.05, 4.69) is 0 Å². The molecule has 1 saturated heterocycles. The Balaban J connectivity index is 1.87. The van der Waals surface area contributed by atoms with E-state index < -0.39 is 29.2 Å². The van der Waals surface area contributed by atoms with E-state index in [0.717, 1.165) is 18.9 Å². The number of ether oxygens (including phenoxy) is 2. The Morgan fingerprint density at radius 2 is 1.56 bits per heavy atom. The van der Waals surface area contributed by atoms with Gasteiger partial charge in [0.25, 0.3) is 0 Å². The maximum Gasteiger partial charge on any atom is 0.309 e. The van der Waals surface area contributed by atoms with Crippen molar-refractivity contribution >= 4 is 0 Å². The molecule has 27 heavy (non-hydrogen) atoms. The Morgan fingerprint density at radius 3 is 2.07 bits per heavy atom. The Kier molecular flexibility index (Phi) is 5.29. The molecule has 0 saturated carbocycles. The summed E-state index contributed by atoms with van der Waals surface area (Å²) in [6, 6.07) is 4.93. The molecular formula is C20H20F4O3. The van der Waals surface area contributed by atoms with Crippen LogP contribution in [0.3, 0.4) is 0 Å². The first-order chi connectivity index (χ1) is 12.7. The molecule has 7 heteroatoms. The minimum Gasteiger partial charge on any atom is -0.339 e. The lowest BCUT2D eigenvalue weighted by Gasteiger charge is -2.41. The van der Waals surface area contributed by atoms with Crippen molar-refractivity contribution in [2.75, 3.05) is 13.2 Å². The van der Waals surface area contributed by atoms with E-state index in [1.54, 1.807) is 0 Å². The highest BCUT2D eigenvalue weighted by atomic mass is 19.2. The highest BCUT2D eigenvalue weighted by Gasteiger charge is 2.42. The van der Waals surface area contributed by atoms with Crippen LogP contribution in [0.2, 0.25) is 0 Å². The van der Waals surface area contributed by atoms with Crippen molar-refractivity contribution in [3.05, 3.63) is 59.2 Å². The minimum absolute atomic E-state index is 0.0188. The van der Waals surface area contributed by atoms with Crippen LogP contribution in [0.25, 0.3) is 11.1 Å². The van der Waals surface area contributed by atoms with Crippen molar-refractivity contribution in [1.82, 2.24) is 0 Å². The number of halogens is 4. The molecule has 1 N–H and O–H groups in total. The van der Waals surface area contributed by atoms with E-state index in [0.29, 0.717) is 12.1 Å². The molecule has 2 aromatic rings. The molecule has 0 amide bonds. The number of rotatable bonds is 4. The molecule has 0 spiro atoms. The SMILES string of the molecule is CCCC1(C)COC(O)(c2ccc(-c3cc(F)c(F)c(F)c3)c(F)c2)OC1. The third-order valence-corrected chi connectivity index (χ3v) is 4.71. The summed E-state index contributed by atoms with van der Waals surface area (Å²) in [4.78, 5) is 0. The smallest absolute Gasteiger partial charge is 0.309 e. The van der Waals surface area contributed by atoms with Crippen molar-refractivity contribution in [3.8, 4) is 11.1 Å². The first kappa shape index (κ1) is 19.8. The van der Waals surface area contributed by atoms with Gasteiger partial charge in [0, 0.05) is 16.5 Å². The Morgan fingerprint density at radius 1 is 0.963 bits per heavy atom. The van der Waals surface area contributed by atoms with Crippen LogP contribution in [0.1, 0.15) is 32.3 Å². The van der Waals surface area contributed by atoms with Crippen molar-refractivity contribution in [1.29, 1.82) is 0 Å². The van der Waals surface area contributed by atoms with Gasteiger partial charge in [0.1, 0.15) is 5.82 Å². The molecule has 1 heterocycles. The molecule has 1 aliphatic rings. The van der Waals surface area contributed by atoms with Gasteiger partial charge < -0.3 is 14.6 Å². The third kappa shape index (κ3) is 3.85. The van der Waals surface area contributed by atoms with Crippen LogP contribution >= 0.6 is 0 Å². The molecule has 1 fully saturated rings. The van der Waals surface area contributed by atoms with Crippen molar-refractivity contribution < 1.29 is 32.1 Å². The minimum atomic E-state index is -2.11. The molecule has 1 aliphatic heterocycles. The van der Waals surface area contributed by atoms with Gasteiger partial charge in [-0.1, -0.05) is 32.4 Å². The van der Waals surface area contributed by atoms with Crippen LogP contribution in [0.15, 0.2) is 30.3 Å². The number of hydrogen-bond acceptors (Lipinski definition) is 3. The summed E-state index contributed by atoms with van der Waals surface area (Å²) in [6.45, 7) is 4.46. The maximum atomic E-state index is 14.5. The molecule has 3 nitrogen and oxygen atoms in total. The van der Waals surface area contributed by atoms with Crippen LogP contribution in [0.4, 0.5) is 17.6 Å². The van der Waals surface area contributed by atoms with Gasteiger partial charge in [0.2, 0.25) is 0 Å². The molecule has 0 unspecified atom stereocenters. The van der Waals surface area contributed by atoms with Gasteiger partial charge in [-0.15, -0.1) is 0 Å². The van der Waals surface area contributed by atoms with E-state index in [1.165, 1.54) is 12.1 Å². The van der Waals surface area contributed by atoms with Gasteiger partial charge in [0.05, 0.1) is 13.2 Å². The summed E-state index contributed by atoms with van der Waals surface area (Å²) < 4.78 is 65.4. The molecule has 2 aromatic carbocycles. The van der Waals surface area contributed by atoms with Gasteiger partial charge in [0.15, 0.2) is 17.5 Å². The zero-order chi connectivity index (χ0) is 19.8. The molecular weight excluding hydrogens is 364 g/mol. The summed E-state index contributed by atoms with van der Waals surface area (Å²) in [5.74, 6) is -7.42. The average molecular weight is 384 g/mol. The second kappa shape index (κ2) is 7.22. The normalized spacial score (nSPS) is 25.6. The van der Waals surface area contributed by atoms with E-state index in [9.17, 15) is 22.7 Å². The molecule has 3 rings (SSSR count). The average Bonchev–Trinajstić information content (AvgIpc) is 2.62. The number of benzene rings is 2. The predicted octanol–water partition coefficient (Wildman–Crippen LogP) is 4.87. The van der Waals surface area contributed by atoms with E-state index >= 15 is 0 Å². The summed E-state index contributed by atoms with van der Waals surface area (Å²) >= 11 is 0. The van der Waals surface area contributed by atoms with Gasteiger partial charge in [-0.3, -0.25) is 0 Å². The zero-order valence-electron chi connectivity index (χ0n) is 15.0. The largest absolute Gasteiger partial charge is 0.339 e. The molecule has 0 atom stereocenters. The van der Waals surface area contributed by atoms with Gasteiger partial charge in [-0.05, 0) is 30.2 Å². The second-order valence-electron chi connectivity index (χ2n) is 7.17. The lowest BCUT2D eigenvalue weighted by molar-refractivity contribution is -0.414. The lowest BCUT2D eigenvalue weighted by atomic mass is 9.86. The first-order valence-corrected chi connectivity index (χ1v) is 8.63. The van der Waals surface area contributed by atoms with Gasteiger partial charge in [-0.25, -0.2) is 17.6 Å². The Hall–Kier alpha value is -1.96. The fourth-order valence-corrected chi connectivity index (χ4v) is 3.20. The molecule has 146 valence electrons. The van der Waals surface area contributed by atoms with Gasteiger partial charge in [-0.2, -0.15) is 0 Å². The van der Waals surface area contributed by atoms with Crippen LogP contribution < -0.4 is 0 Å². The van der Waals surface area contributed by atoms with Gasteiger partial charge >= 0.3 is 5.97 Å². The van der Waals surface area contributed by atoms with E-state index in [-0.39, 0.29) is 35.3 Å². The summed E-state index contributed by atoms with van der Waals surface area (Å²) in [5.41, 5.74) is -0.539. The fourth-order valence-electron chi connectivity index (χ4n) is 3.20. The number of aliphatic hydroxyl groups is 1. The summed E-state index contributed by atoms with van der Waals surface area (Å²) in [5, 5.41) is 10.6. The molecule has 0 radical (unpaired) electrons. The Labute approximate surface area is 154 Å². The first-order valence-electron chi connectivity index (χ1n) is 8.63. The second-order valence-corrected chi connectivity index (χ2v) is 7.17. The predicted molar refractivity (Wildman–Crippen MR) is 90.5 cm³/mol. The summed E-state index contributed by atoms with van der Waals surface area (Å²) in [7, 11) is 0. The molecule has 0 aromatic heterocycles. The molecule has 0 bridgehead atoms. The van der Waals surface area contributed by atoms with Crippen LogP contribution in [0, 0.1) is 28.7 Å². The zero-order valence-corrected chi connectivity index (χ0v) is 15.0. The lowest BCUT2D eigenvalue weighted by Crippen LogP contribution is -2.46. The monoisotopic (exact) mass is 384 g/mol. The number of hydrogen-bond donors (Lipinski definition) is 1. The van der Waals surface area contributed by atoms with Crippen molar-refractivity contribution in [3.63, 3.8) is 0 Å². The highest BCUT2D eigenvalue weighted by Crippen LogP contribution is 2.38. The van der Waals surface area contributed by atoms with Crippen LogP contribution in [-0.4, -0.2) is 18.3 Å².